The van der Waals surface area contributed by atoms with Gasteiger partial charge in [0.05, 0.1) is 18.7 Å². The number of hydrogen-bond acceptors (Lipinski definition) is 10. The molecule has 0 rings (SSSR count). The van der Waals surface area contributed by atoms with Crippen LogP contribution in [0, 0.1) is 0 Å². The van der Waals surface area contributed by atoms with Crippen molar-refractivity contribution in [2.45, 2.75) is 226 Å². The molecule has 12 heteroatoms. The van der Waals surface area contributed by atoms with E-state index in [0.717, 1.165) is 90.3 Å². The summed E-state index contributed by atoms with van der Waals surface area (Å²) < 4.78 is 0. The maximum absolute atomic E-state index is 13.2. The number of carbonyl (C=O) groups is 4. The van der Waals surface area contributed by atoms with Gasteiger partial charge in [-0.05, 0) is 85.5 Å². The predicted octanol–water partition coefficient (Wildman–Crippen LogP) is 8.63. The number of amides is 2. The third-order valence-corrected chi connectivity index (χ3v) is 10.8. The van der Waals surface area contributed by atoms with Gasteiger partial charge in [0.2, 0.25) is 11.8 Å². The van der Waals surface area contributed by atoms with Crippen molar-refractivity contribution in [2.24, 2.45) is 5.73 Å². The Bertz CT molecular complexity index is 945. The van der Waals surface area contributed by atoms with E-state index in [2.05, 4.69) is 54.1 Å². The molecule has 0 aliphatic heterocycles. The Balaban J connectivity index is -0.00000204. The zero-order chi connectivity index (χ0) is 46.0. The van der Waals surface area contributed by atoms with Gasteiger partial charge in [0.1, 0.15) is 12.1 Å². The van der Waals surface area contributed by atoms with Gasteiger partial charge in [-0.25, -0.2) is 5.43 Å². The Morgan fingerprint density at radius 3 is 1.36 bits per heavy atom. The highest BCUT2D eigenvalue weighted by Gasteiger charge is 2.16. The number of likely N-dealkylation sites (N-methyl/N-ethyl adjacent to an activating group) is 1. The molecule has 0 saturated carbocycles. The second kappa shape index (κ2) is 52.4. The van der Waals surface area contributed by atoms with Gasteiger partial charge in [0.25, 0.3) is 0 Å². The Labute approximate surface area is 377 Å². The van der Waals surface area contributed by atoms with Gasteiger partial charge < -0.3 is 36.1 Å². The van der Waals surface area contributed by atoms with E-state index in [1.807, 2.05) is 19.0 Å². The lowest BCUT2D eigenvalue weighted by atomic mass is 10.1. The molecule has 2 amide bonds. The van der Waals surface area contributed by atoms with Gasteiger partial charge in [-0.3, -0.25) is 19.8 Å². The van der Waals surface area contributed by atoms with Gasteiger partial charge in [0.15, 0.2) is 0 Å². The normalized spacial score (nSPS) is 11.8. The molecule has 0 aromatic rings. The van der Waals surface area contributed by atoms with E-state index in [1.54, 1.807) is 6.92 Å². The molecule has 0 aromatic heterocycles. The van der Waals surface area contributed by atoms with Crippen LogP contribution in [0.25, 0.3) is 0 Å². The Morgan fingerprint density at radius 2 is 1.00 bits per heavy atom. The highest BCUT2D eigenvalue weighted by Crippen LogP contribution is 2.14. The number of carbonyl (C=O) groups excluding carboxylic acids is 4. The first-order valence-electron chi connectivity index (χ1n) is 25.3. The van der Waals surface area contributed by atoms with Crippen molar-refractivity contribution in [3.05, 3.63) is 0 Å². The minimum atomic E-state index is -0.626. The first-order chi connectivity index (χ1) is 29.7. The average molecular weight is 870 g/mol. The minimum absolute atomic E-state index is 0.0292. The van der Waals surface area contributed by atoms with Crippen LogP contribution in [-0.4, -0.2) is 117 Å². The van der Waals surface area contributed by atoms with Gasteiger partial charge in [-0.1, -0.05) is 143 Å². The molecular weight excluding hydrogens is 767 g/mol. The molecule has 0 heterocycles. The molecule has 0 fully saturated rings. The molecular formula is C49H103N7O5. The molecule has 2 atom stereocenters. The predicted molar refractivity (Wildman–Crippen MR) is 260 cm³/mol. The highest BCUT2D eigenvalue weighted by molar-refractivity contribution is 5.81. The third-order valence-electron chi connectivity index (χ3n) is 10.8. The largest absolute Gasteiger partial charge is 0.394 e. The molecule has 0 aliphatic carbocycles. The summed E-state index contributed by atoms with van der Waals surface area (Å²) in [4.78, 5) is 52.2. The topological polar surface area (TPSA) is 169 Å². The summed E-state index contributed by atoms with van der Waals surface area (Å²) >= 11 is 0. The molecule has 0 bridgehead atoms. The van der Waals surface area contributed by atoms with Crippen molar-refractivity contribution in [1.82, 2.24) is 31.3 Å². The van der Waals surface area contributed by atoms with Crippen LogP contribution in [0.1, 0.15) is 214 Å². The van der Waals surface area contributed by atoms with Gasteiger partial charge >= 0.3 is 0 Å². The van der Waals surface area contributed by atoms with Gasteiger partial charge in [-0.15, -0.1) is 0 Å². The van der Waals surface area contributed by atoms with Crippen molar-refractivity contribution < 1.29 is 24.3 Å². The molecule has 364 valence electrons. The standard InChI is InChI=1S/C38H77N5O4.C8H18N2O.C3H8/c1-4-6-8-10-12-14-16-18-20-26-37(46)42(32-24-28-39-3)30-22-23-31-43(33-25-29-40-41-36(34-44)35-45)38(47)27-21-19-17-15-13-11-9-7-5-2;1-7(11)8(10-2)5-3-4-6-9;1-3-2/h34,36,39-41,45H,4-33,35H2,1-3H3;8,10H,3-6,9H2,1-2H3;3H2,1-2H3/t36-;8-;/m00./s1. The van der Waals surface area contributed by atoms with Crippen LogP contribution >= 0.6 is 0 Å². The smallest absolute Gasteiger partial charge is 0.222 e. The summed E-state index contributed by atoms with van der Waals surface area (Å²) in [6, 6.07) is -0.597. The number of aliphatic hydroxyl groups is 1. The molecule has 0 aliphatic rings. The maximum atomic E-state index is 13.2. The van der Waals surface area contributed by atoms with Crippen molar-refractivity contribution in [2.75, 3.05) is 66.5 Å². The quantitative estimate of drug-likeness (QED) is 0.0198. The van der Waals surface area contributed by atoms with Crippen molar-refractivity contribution >= 4 is 23.9 Å². The number of nitrogens with two attached hydrogens (primary N) is 1. The molecule has 7 N–H and O–H groups in total. The lowest BCUT2D eigenvalue weighted by molar-refractivity contribution is -0.133. The van der Waals surface area contributed by atoms with Crippen LogP contribution in [0.5, 0.6) is 0 Å². The maximum Gasteiger partial charge on any atom is 0.222 e. The lowest BCUT2D eigenvalue weighted by Gasteiger charge is -2.25. The van der Waals surface area contributed by atoms with E-state index in [4.69, 9.17) is 5.73 Å². The second-order valence-electron chi connectivity index (χ2n) is 16.9. The van der Waals surface area contributed by atoms with E-state index in [1.165, 1.54) is 96.3 Å². The summed E-state index contributed by atoms with van der Waals surface area (Å²) in [5.41, 5.74) is 11.1. The van der Waals surface area contributed by atoms with Crippen LogP contribution < -0.4 is 27.2 Å². The van der Waals surface area contributed by atoms with Crippen LogP contribution in [0.4, 0.5) is 0 Å². The minimum Gasteiger partial charge on any atom is -0.394 e. The number of aliphatic hydroxyl groups excluding tert-OH is 1. The summed E-state index contributed by atoms with van der Waals surface area (Å²) in [6.07, 6.45) is 31.9. The van der Waals surface area contributed by atoms with E-state index in [9.17, 15) is 24.3 Å². The van der Waals surface area contributed by atoms with Crippen molar-refractivity contribution in [3.8, 4) is 0 Å². The molecule has 0 aromatic carbocycles. The number of rotatable bonds is 43. The first-order valence-corrected chi connectivity index (χ1v) is 25.3. The van der Waals surface area contributed by atoms with E-state index < -0.39 is 6.04 Å². The number of ketones is 1. The lowest BCUT2D eigenvalue weighted by Crippen LogP contribution is -2.45. The zero-order valence-electron chi connectivity index (χ0n) is 41.2. The second-order valence-corrected chi connectivity index (χ2v) is 16.9. The van der Waals surface area contributed by atoms with Gasteiger partial charge in [0, 0.05) is 45.6 Å². The van der Waals surface area contributed by atoms with Crippen molar-refractivity contribution in [1.29, 1.82) is 0 Å². The van der Waals surface area contributed by atoms with E-state index in [-0.39, 0.29) is 30.2 Å². The van der Waals surface area contributed by atoms with Gasteiger partial charge in [-0.2, -0.15) is 0 Å². The number of Topliss-reactive ketones (excluding diaryl/α,β-unsaturated/α-hetero) is 1. The number of hydrazine groups is 1. The Morgan fingerprint density at radius 1 is 0.590 bits per heavy atom. The molecule has 0 unspecified atom stereocenters. The number of hydrogen-bond donors (Lipinski definition) is 6. The first kappa shape index (κ1) is 63.3. The molecule has 0 spiro atoms. The van der Waals surface area contributed by atoms with Crippen molar-refractivity contribution in [3.63, 3.8) is 0 Å². The highest BCUT2D eigenvalue weighted by atomic mass is 16.3. The summed E-state index contributed by atoms with van der Waals surface area (Å²) in [7, 11) is 3.77. The van der Waals surface area contributed by atoms with Crippen LogP contribution in [0.3, 0.4) is 0 Å². The molecule has 0 saturated heterocycles. The van der Waals surface area contributed by atoms with E-state index >= 15 is 0 Å². The molecule has 61 heavy (non-hydrogen) atoms. The fraction of sp³-hybridized carbons (Fsp3) is 0.918. The fourth-order valence-electron chi connectivity index (χ4n) is 6.99. The van der Waals surface area contributed by atoms with Crippen LogP contribution in [0.15, 0.2) is 0 Å². The SMILES string of the molecule is CCC.CCCCCCCCCCCC(=O)N(CCCCN(CCCNN[C@@H](C=O)CO)C(=O)CCCCCCCCCCC)CCCNC.CN[C@@H](CCCCN)C(C)=O. The Kier molecular flexibility index (Phi) is 54.4. The number of aldehydes is 1. The number of nitrogens with one attached hydrogen (secondary N) is 4. The summed E-state index contributed by atoms with van der Waals surface area (Å²) in [5.74, 6) is 0.705. The fourth-order valence-corrected chi connectivity index (χ4v) is 6.99. The summed E-state index contributed by atoms with van der Waals surface area (Å²) in [6.45, 7) is 15.2. The zero-order valence-corrected chi connectivity index (χ0v) is 41.2. The Hall–Kier alpha value is -1.96. The van der Waals surface area contributed by atoms with Crippen LogP contribution in [0.2, 0.25) is 0 Å². The third kappa shape index (κ3) is 45.9. The summed E-state index contributed by atoms with van der Waals surface area (Å²) in [5, 5.41) is 15.3. The molecule has 12 nitrogen and oxygen atoms in total. The number of unbranched alkanes of at least 4 members (excludes halogenated alkanes) is 18. The monoisotopic (exact) mass is 870 g/mol. The average Bonchev–Trinajstić information content (AvgIpc) is 3.25. The van der Waals surface area contributed by atoms with Crippen LogP contribution in [-0.2, 0) is 19.2 Å². The number of nitrogens with zero attached hydrogens (tertiary/aromatic N) is 2. The van der Waals surface area contributed by atoms with E-state index in [0.29, 0.717) is 45.3 Å². The molecule has 0 radical (unpaired) electrons.